The lowest BCUT2D eigenvalue weighted by molar-refractivity contribution is 0.587. The van der Waals surface area contributed by atoms with E-state index in [1.54, 1.807) is 0 Å². The van der Waals surface area contributed by atoms with Crippen molar-refractivity contribution in [3.8, 4) is 0 Å². The van der Waals surface area contributed by atoms with E-state index in [-0.39, 0.29) is 0 Å². The van der Waals surface area contributed by atoms with E-state index in [1.807, 2.05) is 0 Å². The minimum atomic E-state index is 0.498. The second-order valence-electron chi connectivity index (χ2n) is 5.48. The van der Waals surface area contributed by atoms with Crippen LogP contribution in [-0.2, 0) is 13.0 Å². The molecule has 0 fully saturated rings. The normalized spacial score (nSPS) is 12.7. The smallest absolute Gasteiger partial charge is 0.0662 e. The number of aryl methyl sites for hydroxylation is 1. The van der Waals surface area contributed by atoms with Crippen molar-refractivity contribution in [1.29, 1.82) is 0 Å². The number of nitrogens with zero attached hydrogens (tertiary/aromatic N) is 2. The third kappa shape index (κ3) is 3.49. The van der Waals surface area contributed by atoms with E-state index in [1.165, 1.54) is 16.8 Å². The summed E-state index contributed by atoms with van der Waals surface area (Å²) in [7, 11) is 0. The first-order valence-corrected chi connectivity index (χ1v) is 7.78. The molecule has 2 N–H and O–H groups in total. The molecule has 0 radical (unpaired) electrons. The van der Waals surface area contributed by atoms with E-state index >= 15 is 0 Å². The summed E-state index contributed by atoms with van der Waals surface area (Å²) in [5.74, 6) is 0.498. The van der Waals surface area contributed by atoms with Crippen molar-refractivity contribution in [1.82, 2.24) is 9.78 Å². The standard InChI is InChI=1S/C16H22BrN3/c1-11(9-18)8-16-12(2)19-20(13(16)3)10-14-4-6-15(17)7-5-14/h4-7,11H,8-10,18H2,1-3H3. The molecule has 0 aliphatic heterocycles. The van der Waals surface area contributed by atoms with Crippen LogP contribution in [0.1, 0.15) is 29.4 Å². The fourth-order valence-corrected chi connectivity index (χ4v) is 2.64. The Morgan fingerprint density at radius 1 is 1.25 bits per heavy atom. The molecule has 4 heteroatoms. The van der Waals surface area contributed by atoms with Gasteiger partial charge in [-0.2, -0.15) is 5.10 Å². The Bertz CT molecular complexity index is 572. The molecule has 0 aliphatic carbocycles. The van der Waals surface area contributed by atoms with Gasteiger partial charge in [-0.25, -0.2) is 0 Å². The molecule has 20 heavy (non-hydrogen) atoms. The highest BCUT2D eigenvalue weighted by molar-refractivity contribution is 9.10. The quantitative estimate of drug-likeness (QED) is 0.909. The Labute approximate surface area is 129 Å². The van der Waals surface area contributed by atoms with Crippen LogP contribution >= 0.6 is 15.9 Å². The van der Waals surface area contributed by atoms with Crippen molar-refractivity contribution in [2.45, 2.75) is 33.7 Å². The summed E-state index contributed by atoms with van der Waals surface area (Å²) in [5.41, 5.74) is 10.7. The maximum Gasteiger partial charge on any atom is 0.0662 e. The minimum absolute atomic E-state index is 0.498. The minimum Gasteiger partial charge on any atom is -0.330 e. The van der Waals surface area contributed by atoms with Crippen molar-refractivity contribution >= 4 is 15.9 Å². The molecule has 0 saturated carbocycles. The van der Waals surface area contributed by atoms with Crippen LogP contribution in [0.3, 0.4) is 0 Å². The lowest BCUT2D eigenvalue weighted by Crippen LogP contribution is -2.14. The van der Waals surface area contributed by atoms with Gasteiger partial charge in [0.2, 0.25) is 0 Å². The molecule has 1 atom stereocenters. The van der Waals surface area contributed by atoms with Gasteiger partial charge in [-0.05, 0) is 56.0 Å². The Balaban J connectivity index is 2.21. The molecule has 3 nitrogen and oxygen atoms in total. The van der Waals surface area contributed by atoms with Crippen molar-refractivity contribution in [3.63, 3.8) is 0 Å². The van der Waals surface area contributed by atoms with E-state index in [0.29, 0.717) is 5.92 Å². The summed E-state index contributed by atoms with van der Waals surface area (Å²) in [6.45, 7) is 7.96. The number of benzene rings is 1. The summed E-state index contributed by atoms with van der Waals surface area (Å²) >= 11 is 3.46. The fraction of sp³-hybridized carbons (Fsp3) is 0.438. The van der Waals surface area contributed by atoms with Gasteiger partial charge in [-0.3, -0.25) is 4.68 Å². The van der Waals surface area contributed by atoms with Crippen molar-refractivity contribution in [3.05, 3.63) is 51.3 Å². The molecular weight excluding hydrogens is 314 g/mol. The van der Waals surface area contributed by atoms with Crippen LogP contribution in [0.15, 0.2) is 28.7 Å². The largest absolute Gasteiger partial charge is 0.330 e. The molecule has 1 aromatic heterocycles. The zero-order chi connectivity index (χ0) is 14.7. The first-order valence-electron chi connectivity index (χ1n) is 6.98. The number of rotatable bonds is 5. The maximum absolute atomic E-state index is 5.73. The third-order valence-corrected chi connectivity index (χ3v) is 4.26. The number of halogens is 1. The molecule has 0 spiro atoms. The van der Waals surface area contributed by atoms with Crippen LogP contribution in [0.4, 0.5) is 0 Å². The van der Waals surface area contributed by atoms with Crippen molar-refractivity contribution in [2.24, 2.45) is 11.7 Å². The van der Waals surface area contributed by atoms with Gasteiger partial charge in [0.1, 0.15) is 0 Å². The topological polar surface area (TPSA) is 43.8 Å². The molecule has 0 aliphatic rings. The number of hydrogen-bond acceptors (Lipinski definition) is 2. The average Bonchev–Trinajstić information content (AvgIpc) is 2.69. The van der Waals surface area contributed by atoms with Crippen LogP contribution in [0.2, 0.25) is 0 Å². The average molecular weight is 336 g/mol. The van der Waals surface area contributed by atoms with Crippen LogP contribution in [0, 0.1) is 19.8 Å². The Kier molecular flexibility index (Phi) is 5.00. The predicted molar refractivity (Wildman–Crippen MR) is 86.9 cm³/mol. The third-order valence-electron chi connectivity index (χ3n) is 3.73. The fourth-order valence-electron chi connectivity index (χ4n) is 2.38. The molecule has 0 amide bonds. The first kappa shape index (κ1) is 15.3. The second kappa shape index (κ2) is 6.55. The Morgan fingerprint density at radius 3 is 2.50 bits per heavy atom. The highest BCUT2D eigenvalue weighted by Gasteiger charge is 2.14. The van der Waals surface area contributed by atoms with Gasteiger partial charge in [-0.15, -0.1) is 0 Å². The number of nitrogens with two attached hydrogens (primary N) is 1. The molecule has 0 saturated heterocycles. The Hall–Kier alpha value is -1.13. The second-order valence-corrected chi connectivity index (χ2v) is 6.39. The van der Waals surface area contributed by atoms with Gasteiger partial charge < -0.3 is 5.73 Å². The summed E-state index contributed by atoms with van der Waals surface area (Å²) in [5, 5.41) is 4.68. The predicted octanol–water partition coefficient (Wildman–Crippen LogP) is 3.45. The molecular formula is C16H22BrN3. The maximum atomic E-state index is 5.73. The highest BCUT2D eigenvalue weighted by Crippen LogP contribution is 2.19. The zero-order valence-electron chi connectivity index (χ0n) is 12.4. The van der Waals surface area contributed by atoms with E-state index < -0.39 is 0 Å². The zero-order valence-corrected chi connectivity index (χ0v) is 13.9. The van der Waals surface area contributed by atoms with Crippen LogP contribution in [-0.4, -0.2) is 16.3 Å². The van der Waals surface area contributed by atoms with Crippen molar-refractivity contribution in [2.75, 3.05) is 6.54 Å². The first-order chi connectivity index (χ1) is 9.51. The molecule has 108 valence electrons. The van der Waals surface area contributed by atoms with Gasteiger partial charge in [0.15, 0.2) is 0 Å². The summed E-state index contributed by atoms with van der Waals surface area (Å²) in [6.07, 6.45) is 1.01. The molecule has 1 heterocycles. The Morgan fingerprint density at radius 2 is 1.90 bits per heavy atom. The van der Waals surface area contributed by atoms with Crippen LogP contribution in [0.5, 0.6) is 0 Å². The van der Waals surface area contributed by atoms with Gasteiger partial charge in [0.05, 0.1) is 12.2 Å². The number of aromatic nitrogens is 2. The lowest BCUT2D eigenvalue weighted by atomic mass is 10.00. The monoisotopic (exact) mass is 335 g/mol. The van der Waals surface area contributed by atoms with Crippen LogP contribution in [0.25, 0.3) is 0 Å². The lowest BCUT2D eigenvalue weighted by Gasteiger charge is -2.09. The van der Waals surface area contributed by atoms with Gasteiger partial charge >= 0.3 is 0 Å². The van der Waals surface area contributed by atoms with Gasteiger partial charge in [0.25, 0.3) is 0 Å². The molecule has 1 aromatic carbocycles. The van der Waals surface area contributed by atoms with Gasteiger partial charge in [0, 0.05) is 10.2 Å². The summed E-state index contributed by atoms with van der Waals surface area (Å²) in [6, 6.07) is 8.39. The van der Waals surface area contributed by atoms with Crippen LogP contribution < -0.4 is 5.73 Å². The SMILES string of the molecule is Cc1nn(Cc2ccc(Br)cc2)c(C)c1CC(C)CN. The van der Waals surface area contributed by atoms with E-state index in [2.05, 4.69) is 70.7 Å². The molecule has 0 bridgehead atoms. The summed E-state index contributed by atoms with van der Waals surface area (Å²) < 4.78 is 3.20. The summed E-state index contributed by atoms with van der Waals surface area (Å²) in [4.78, 5) is 0. The van der Waals surface area contributed by atoms with E-state index in [4.69, 9.17) is 5.73 Å². The number of hydrogen-bond donors (Lipinski definition) is 1. The molecule has 2 rings (SSSR count). The van der Waals surface area contributed by atoms with Gasteiger partial charge in [-0.1, -0.05) is 35.0 Å². The van der Waals surface area contributed by atoms with E-state index in [0.717, 1.165) is 29.7 Å². The van der Waals surface area contributed by atoms with E-state index in [9.17, 15) is 0 Å². The highest BCUT2D eigenvalue weighted by atomic mass is 79.9. The van der Waals surface area contributed by atoms with Crippen molar-refractivity contribution < 1.29 is 0 Å². The molecule has 2 aromatic rings. The molecule has 1 unspecified atom stereocenters.